The number of nitro benzene ring substituents is 2. The molecule has 694 valence electrons. The number of nitrogens with zero attached hydrogens (tertiary/aromatic N) is 2. The molecule has 6 heterocycles. The number of nitrogens with one attached hydrogen (secondary N) is 1. The van der Waals surface area contributed by atoms with E-state index in [1.807, 2.05) is 200 Å². The molecule has 13 nitrogen and oxygen atoms in total. The van der Waals surface area contributed by atoms with Crippen LogP contribution in [0.4, 0.5) is 11.4 Å². The topological polar surface area (TPSA) is 173 Å². The van der Waals surface area contributed by atoms with Gasteiger partial charge in [0.15, 0.2) is 0 Å². The third-order valence-electron chi connectivity index (χ3n) is 23.1. The zero-order valence-corrected chi connectivity index (χ0v) is 85.1. The third kappa shape index (κ3) is 21.5. The number of aromatic amines is 1. The average Bonchev–Trinajstić information content (AvgIpc) is 1.53. The number of fused-ring (bicyclic) bond motifs is 25. The van der Waals surface area contributed by atoms with E-state index in [-0.39, 0.29) is 27.5 Å². The molecule has 1 N–H and O–H groups in total. The van der Waals surface area contributed by atoms with Crippen molar-refractivity contribution in [2.75, 3.05) is 0 Å². The summed E-state index contributed by atoms with van der Waals surface area (Å²) in [5.41, 5.74) is 10.9. The lowest BCUT2D eigenvalue weighted by molar-refractivity contribution is -0.385. The molecule has 18 aromatic carbocycles. The van der Waals surface area contributed by atoms with Crippen molar-refractivity contribution in [2.24, 2.45) is 0 Å². The quantitative estimate of drug-likeness (QED) is 0.0700. The summed E-state index contributed by atoms with van der Waals surface area (Å²) < 4.78 is 38.9. The number of hydrogen-bond acceptors (Lipinski definition) is 10. The van der Waals surface area contributed by atoms with Gasteiger partial charge in [-0.3, -0.25) is 20.2 Å². The number of furan rings is 4. The highest BCUT2D eigenvalue weighted by atomic mass is 79.9. The normalized spacial score (nSPS) is 11.9. The van der Waals surface area contributed by atoms with Crippen LogP contribution in [-0.4, -0.2) is 33.2 Å². The van der Waals surface area contributed by atoms with Crippen molar-refractivity contribution in [3.63, 3.8) is 0 Å². The molecule has 0 aliphatic carbocycles. The molecule has 0 spiro atoms. The van der Waals surface area contributed by atoms with Gasteiger partial charge in [0, 0.05) is 82.5 Å². The summed E-state index contributed by atoms with van der Waals surface area (Å²) in [6, 6.07) is 126. The van der Waals surface area contributed by atoms with Crippen molar-refractivity contribution in [2.45, 2.75) is 136 Å². The Morgan fingerprint density at radius 2 is 0.599 bits per heavy atom. The Bertz CT molecular complexity index is 7880. The number of nitro groups is 2. The predicted molar refractivity (Wildman–Crippen MR) is 595 cm³/mol. The second-order valence-corrected chi connectivity index (χ2v) is 34.9. The number of aromatic nitrogens is 1. The van der Waals surface area contributed by atoms with Crippen molar-refractivity contribution in [1.29, 1.82) is 0 Å². The summed E-state index contributed by atoms with van der Waals surface area (Å²) in [7, 11) is -0.897. The highest BCUT2D eigenvalue weighted by Gasteiger charge is 2.53. The first-order chi connectivity index (χ1) is 67.0. The van der Waals surface area contributed by atoms with Crippen LogP contribution in [0.25, 0.3) is 164 Å². The first-order valence-electron chi connectivity index (χ1n) is 47.3. The van der Waals surface area contributed by atoms with E-state index in [0.717, 1.165) is 103 Å². The molecule has 5 aromatic heterocycles. The molecule has 0 bridgehead atoms. The van der Waals surface area contributed by atoms with Gasteiger partial charge in [-0.15, -0.1) is 0 Å². The third-order valence-corrected chi connectivity index (χ3v) is 26.8. The highest BCUT2D eigenvalue weighted by Crippen LogP contribution is 2.47. The lowest BCUT2D eigenvalue weighted by Gasteiger charge is -2.32. The van der Waals surface area contributed by atoms with Crippen LogP contribution in [0.1, 0.15) is 125 Å². The molecule has 0 amide bonds. The monoisotopic (exact) mass is 1960 g/mol. The minimum Gasteiger partial charge on any atom is -0.456 e. The molecule has 1 saturated heterocycles. The molecule has 0 radical (unpaired) electrons. The molecule has 1 fully saturated rings. The second kappa shape index (κ2) is 48.1. The maximum absolute atomic E-state index is 11.5. The van der Waals surface area contributed by atoms with E-state index in [9.17, 15) is 20.2 Å². The zero-order valence-electron chi connectivity index (χ0n) is 81.1. The van der Waals surface area contributed by atoms with Gasteiger partial charge >= 0.3 is 7.12 Å². The first kappa shape index (κ1) is 102. The highest BCUT2D eigenvalue weighted by molar-refractivity contribution is 9.11. The van der Waals surface area contributed by atoms with Crippen molar-refractivity contribution in [1.82, 2.24) is 4.98 Å². The smallest absolute Gasteiger partial charge is 0.456 e. The summed E-state index contributed by atoms with van der Waals surface area (Å²) in [5.74, 6) is 0. The molecular formula is C120H117BBr2N3O10P. The Morgan fingerprint density at radius 3 is 1.04 bits per heavy atom. The number of rotatable bonds is 7. The van der Waals surface area contributed by atoms with Crippen LogP contribution in [-0.2, 0) is 9.31 Å². The number of H-pyrrole nitrogens is 1. The van der Waals surface area contributed by atoms with Crippen LogP contribution in [0, 0.1) is 20.2 Å². The van der Waals surface area contributed by atoms with E-state index in [1.54, 1.807) is 30.3 Å². The van der Waals surface area contributed by atoms with Gasteiger partial charge in [0.2, 0.25) is 0 Å². The van der Waals surface area contributed by atoms with Gasteiger partial charge in [-0.05, 0) is 176 Å². The Kier molecular flexibility index (Phi) is 35.8. The minimum atomic E-state index is -0.451. The number of halogens is 2. The van der Waals surface area contributed by atoms with Crippen LogP contribution in [0.15, 0.2) is 403 Å². The average molecular weight is 1960 g/mol. The molecule has 1 aliphatic heterocycles. The Morgan fingerprint density at radius 1 is 0.285 bits per heavy atom. The van der Waals surface area contributed by atoms with E-state index in [4.69, 9.17) is 27.0 Å². The Balaban J connectivity index is 0.000000146. The number of hydrogen-bond donors (Lipinski definition) is 1. The summed E-state index contributed by atoms with van der Waals surface area (Å²) in [4.78, 5) is 24.6. The van der Waals surface area contributed by atoms with Gasteiger partial charge in [-0.25, -0.2) is 0 Å². The maximum Gasteiger partial charge on any atom is 0.498 e. The molecule has 24 rings (SSSR count). The van der Waals surface area contributed by atoms with Gasteiger partial charge in [-0.2, -0.15) is 0 Å². The molecule has 0 unspecified atom stereocenters. The largest absolute Gasteiger partial charge is 0.498 e. The molecule has 0 saturated carbocycles. The number of para-hydroxylation sites is 7. The lowest BCUT2D eigenvalue weighted by atomic mass is 9.77. The fourth-order valence-corrected chi connectivity index (χ4v) is 19.9. The molecule has 1 aliphatic rings. The first-order valence-corrected chi connectivity index (χ1v) is 50.3. The van der Waals surface area contributed by atoms with Gasteiger partial charge in [0.1, 0.15) is 44.7 Å². The van der Waals surface area contributed by atoms with E-state index < -0.39 is 20.0 Å². The molecule has 23 aromatic rings. The molecule has 0 atom stereocenters. The van der Waals surface area contributed by atoms with Crippen molar-refractivity contribution >= 4 is 232 Å². The van der Waals surface area contributed by atoms with Gasteiger partial charge in [0.25, 0.3) is 11.4 Å². The summed E-state index contributed by atoms with van der Waals surface area (Å²) in [5, 5.41) is 46.7. The van der Waals surface area contributed by atoms with Crippen molar-refractivity contribution in [3.05, 3.63) is 405 Å². The van der Waals surface area contributed by atoms with Gasteiger partial charge < -0.3 is 32.0 Å². The minimum absolute atomic E-state index is 0.0736. The van der Waals surface area contributed by atoms with Gasteiger partial charge in [-0.1, -0.05) is 406 Å². The second-order valence-electron chi connectivity index (χ2n) is 31.0. The van der Waals surface area contributed by atoms with Crippen LogP contribution >= 0.6 is 39.8 Å². The predicted octanol–water partition coefficient (Wildman–Crippen LogP) is 36.2. The van der Waals surface area contributed by atoms with Gasteiger partial charge in [0.05, 0.1) is 46.5 Å². The summed E-state index contributed by atoms with van der Waals surface area (Å²) >= 11 is 6.66. The fourth-order valence-electron chi connectivity index (χ4n) is 16.7. The van der Waals surface area contributed by atoms with E-state index >= 15 is 0 Å². The van der Waals surface area contributed by atoms with Crippen molar-refractivity contribution < 1.29 is 36.8 Å². The Hall–Kier alpha value is -13.8. The SMILES string of the molecule is Brc1cc2ccccc2c2c1oc1ccccc12.CC.CC.CC.CC.CC.CC.CC.CC1(C)OB(c2cc3ccccc3c3c2oc2ccccc23)OC1(C)C.O=[N+]([O-])c1ccccc1-c1cc2ccccc2c2c1oc1ccccc12.O=[N+]([O-])c1ccccc1Br.c1ccc(P(c2ccccc2)c2ccccc2)cc1.c1ccc2c(c1)[nH]c1c3ccccc3c3c4ccccc4oc3c21. The van der Waals surface area contributed by atoms with Crippen molar-refractivity contribution in [3.8, 4) is 11.1 Å². The molecular weight excluding hydrogens is 1840 g/mol. The zero-order chi connectivity index (χ0) is 98.0. The van der Waals surface area contributed by atoms with Crippen LogP contribution in [0.3, 0.4) is 0 Å². The standard InChI is InChI=1S/C22H21BO3.C22H13NO3.C22H13NO.C18H15P.C16H9BrO.C6H4BrNO2.7C2H6/c1-21(2)22(3,4)26-23(25-21)17-13-14-9-5-6-10-15(14)19-16-11-7-8-12-18(16)24-20(17)19;24-23(25)19-11-5-3-9-16(19)18-13-14-7-1-2-8-15(14)21-17-10-4-6-12-20(17)26-22(18)21;1-2-8-14-13(7-1)19-16-10-4-6-12-18(16)24-22(19)20-15-9-3-5-11-17(15)23-21(14)20;1-4-10-16(11-5-1)19(17-12-6-2-7-13-17)18-14-8-3-9-15-18;17-13-9-10-5-1-2-6-11(10)15-12-7-3-4-8-14(12)18-16(13)15;7-5-3-1-2-4-6(5)8(9)10;7*1-2/h5-13H,1-4H3;1-13H;1-12,23H;1-15H;1-9H;1-4H;7*1-2H3. The Labute approximate surface area is 820 Å². The fraction of sp³-hybridized carbons (Fsp3) is 0.167. The van der Waals surface area contributed by atoms with E-state index in [2.05, 4.69) is 295 Å². The van der Waals surface area contributed by atoms with Crippen LogP contribution < -0.4 is 21.4 Å². The number of benzene rings is 18. The van der Waals surface area contributed by atoms with E-state index in [0.29, 0.717) is 15.6 Å². The summed E-state index contributed by atoms with van der Waals surface area (Å²) in [6.07, 6.45) is 0. The van der Waals surface area contributed by atoms with Crippen LogP contribution in [0.5, 0.6) is 0 Å². The molecule has 17 heteroatoms. The maximum atomic E-state index is 11.5. The summed E-state index contributed by atoms with van der Waals surface area (Å²) in [6.45, 7) is 36.3. The molecule has 137 heavy (non-hydrogen) atoms. The lowest BCUT2D eigenvalue weighted by Crippen LogP contribution is -2.41. The van der Waals surface area contributed by atoms with E-state index in [1.165, 1.54) is 87.3 Å². The van der Waals surface area contributed by atoms with Crippen LogP contribution in [0.2, 0.25) is 0 Å².